The molecule has 1 saturated heterocycles. The lowest BCUT2D eigenvalue weighted by Crippen LogP contribution is -2.40. The number of ether oxygens (including phenoxy) is 2. The standard InChI is InChI=1S/C11H19NO6S.ClH/c1-17-10(13)2-3-11(14)18-7-4-12-5-8-19(15,16)9-6-12;/h2-3,15-16H,4-9H2,1H3;1H/b3-2+;. The molecule has 2 N–H and O–H groups in total. The lowest BCUT2D eigenvalue weighted by molar-refractivity contribution is -0.139. The van der Waals surface area contributed by atoms with Crippen LogP contribution in [0, 0.1) is 0 Å². The van der Waals surface area contributed by atoms with Crippen LogP contribution in [0.25, 0.3) is 0 Å². The molecular weight excluding hydrogens is 310 g/mol. The number of esters is 2. The highest BCUT2D eigenvalue weighted by Crippen LogP contribution is 2.40. The molecule has 0 aromatic heterocycles. The Bertz CT molecular complexity index is 353. The first-order valence-electron chi connectivity index (χ1n) is 5.82. The first-order chi connectivity index (χ1) is 8.93. The number of nitrogens with zero attached hydrogens (tertiary/aromatic N) is 1. The van der Waals surface area contributed by atoms with Gasteiger partial charge in [-0.25, -0.2) is 9.59 Å². The van der Waals surface area contributed by atoms with E-state index >= 15 is 0 Å². The van der Waals surface area contributed by atoms with Crippen LogP contribution >= 0.6 is 23.0 Å². The maximum absolute atomic E-state index is 11.2. The summed E-state index contributed by atoms with van der Waals surface area (Å²) in [5, 5.41) is 0. The van der Waals surface area contributed by atoms with Crippen LogP contribution < -0.4 is 0 Å². The van der Waals surface area contributed by atoms with Crippen molar-refractivity contribution in [3.63, 3.8) is 0 Å². The number of carbonyl (C=O) groups excluding carboxylic acids is 2. The average molecular weight is 330 g/mol. The van der Waals surface area contributed by atoms with E-state index in [1.165, 1.54) is 7.11 Å². The Labute approximate surface area is 125 Å². The molecule has 20 heavy (non-hydrogen) atoms. The predicted molar refractivity (Wildman–Crippen MR) is 78.4 cm³/mol. The molecule has 0 unspecified atom stereocenters. The summed E-state index contributed by atoms with van der Waals surface area (Å²) < 4.78 is 28.1. The second-order valence-electron chi connectivity index (χ2n) is 4.08. The minimum absolute atomic E-state index is 0. The van der Waals surface area contributed by atoms with Gasteiger partial charge in [-0.15, -0.1) is 12.4 Å². The van der Waals surface area contributed by atoms with Crippen molar-refractivity contribution in [2.45, 2.75) is 0 Å². The third kappa shape index (κ3) is 7.71. The fourth-order valence-electron chi connectivity index (χ4n) is 1.52. The van der Waals surface area contributed by atoms with Crippen molar-refractivity contribution >= 4 is 34.9 Å². The molecule has 118 valence electrons. The maximum atomic E-state index is 11.2. The SMILES string of the molecule is COC(=O)/C=C/C(=O)OCCN1CCS(O)(O)CC1.Cl. The number of carbonyl (C=O) groups is 2. The van der Waals surface area contributed by atoms with E-state index in [9.17, 15) is 18.7 Å². The van der Waals surface area contributed by atoms with Crippen LogP contribution in [0.1, 0.15) is 0 Å². The highest BCUT2D eigenvalue weighted by Gasteiger charge is 2.21. The third-order valence-corrected chi connectivity index (χ3v) is 4.35. The first-order valence-corrected chi connectivity index (χ1v) is 7.70. The van der Waals surface area contributed by atoms with E-state index < -0.39 is 22.5 Å². The fourth-order valence-corrected chi connectivity index (χ4v) is 2.82. The summed E-state index contributed by atoms with van der Waals surface area (Å²) in [7, 11) is -1.17. The number of rotatable bonds is 5. The van der Waals surface area contributed by atoms with E-state index in [2.05, 4.69) is 4.74 Å². The van der Waals surface area contributed by atoms with E-state index in [1.54, 1.807) is 0 Å². The Morgan fingerprint density at radius 3 is 2.30 bits per heavy atom. The monoisotopic (exact) mass is 329 g/mol. The molecule has 0 aromatic carbocycles. The summed E-state index contributed by atoms with van der Waals surface area (Å²) in [5.41, 5.74) is 0. The number of halogens is 1. The Balaban J connectivity index is 0.00000361. The summed E-state index contributed by atoms with van der Waals surface area (Å²) in [6.45, 7) is 1.90. The van der Waals surface area contributed by atoms with Gasteiger partial charge in [0.2, 0.25) is 0 Å². The van der Waals surface area contributed by atoms with Gasteiger partial charge < -0.3 is 9.47 Å². The van der Waals surface area contributed by atoms with Crippen LogP contribution in [0.2, 0.25) is 0 Å². The fraction of sp³-hybridized carbons (Fsp3) is 0.636. The van der Waals surface area contributed by atoms with Crippen LogP contribution in [-0.4, -0.2) is 70.8 Å². The van der Waals surface area contributed by atoms with E-state index in [0.717, 1.165) is 12.2 Å². The number of methoxy groups -OCH3 is 1. The van der Waals surface area contributed by atoms with Crippen LogP contribution in [0.4, 0.5) is 0 Å². The molecule has 0 amide bonds. The molecule has 0 spiro atoms. The summed E-state index contributed by atoms with van der Waals surface area (Å²) in [6.07, 6.45) is 2.01. The van der Waals surface area contributed by atoms with Gasteiger partial charge in [0, 0.05) is 31.8 Å². The summed E-state index contributed by atoms with van der Waals surface area (Å²) in [4.78, 5) is 23.9. The van der Waals surface area contributed by atoms with Gasteiger partial charge in [0.1, 0.15) is 6.61 Å². The van der Waals surface area contributed by atoms with E-state index in [0.29, 0.717) is 31.1 Å². The highest BCUT2D eigenvalue weighted by atomic mass is 35.5. The zero-order valence-electron chi connectivity index (χ0n) is 11.2. The van der Waals surface area contributed by atoms with Gasteiger partial charge in [-0.3, -0.25) is 14.0 Å². The van der Waals surface area contributed by atoms with Crippen molar-refractivity contribution < 1.29 is 28.2 Å². The average Bonchev–Trinajstić information content (AvgIpc) is 2.38. The van der Waals surface area contributed by atoms with Gasteiger partial charge in [0.25, 0.3) is 0 Å². The molecule has 1 heterocycles. The Morgan fingerprint density at radius 2 is 1.75 bits per heavy atom. The molecule has 0 atom stereocenters. The van der Waals surface area contributed by atoms with E-state index in [-0.39, 0.29) is 19.0 Å². The molecule has 0 aromatic rings. The Morgan fingerprint density at radius 1 is 1.20 bits per heavy atom. The Kier molecular flexibility index (Phi) is 8.83. The van der Waals surface area contributed by atoms with Gasteiger partial charge in [-0.1, -0.05) is 0 Å². The third-order valence-electron chi connectivity index (χ3n) is 2.68. The van der Waals surface area contributed by atoms with E-state index in [1.807, 2.05) is 4.90 Å². The van der Waals surface area contributed by atoms with Crippen LogP contribution in [0.3, 0.4) is 0 Å². The molecular formula is C11H20ClNO6S. The summed E-state index contributed by atoms with van der Waals surface area (Å²) >= 11 is 0. The summed E-state index contributed by atoms with van der Waals surface area (Å²) in [6, 6.07) is 0. The van der Waals surface area contributed by atoms with Crippen LogP contribution in [-0.2, 0) is 19.1 Å². The minimum atomic E-state index is -2.39. The van der Waals surface area contributed by atoms with Crippen molar-refractivity contribution in [3.8, 4) is 0 Å². The van der Waals surface area contributed by atoms with Crippen molar-refractivity contribution in [2.24, 2.45) is 0 Å². The van der Waals surface area contributed by atoms with Gasteiger partial charge in [-0.2, -0.15) is 10.6 Å². The van der Waals surface area contributed by atoms with E-state index in [4.69, 9.17) is 4.74 Å². The van der Waals surface area contributed by atoms with Gasteiger partial charge >= 0.3 is 11.9 Å². The van der Waals surface area contributed by atoms with Crippen LogP contribution in [0.15, 0.2) is 12.2 Å². The molecule has 0 saturated carbocycles. The lowest BCUT2D eigenvalue weighted by atomic mass is 10.4. The van der Waals surface area contributed by atoms with Gasteiger partial charge in [0.05, 0.1) is 18.6 Å². The van der Waals surface area contributed by atoms with Crippen molar-refractivity contribution in [1.82, 2.24) is 4.90 Å². The molecule has 1 rings (SSSR count). The smallest absolute Gasteiger partial charge is 0.331 e. The second-order valence-corrected chi connectivity index (χ2v) is 6.50. The normalized spacial score (nSPS) is 19.9. The van der Waals surface area contributed by atoms with Crippen molar-refractivity contribution in [3.05, 3.63) is 12.2 Å². The minimum Gasteiger partial charge on any atom is -0.466 e. The molecule has 1 fully saturated rings. The topological polar surface area (TPSA) is 96.3 Å². The molecule has 0 aliphatic carbocycles. The highest BCUT2D eigenvalue weighted by molar-refractivity contribution is 8.24. The number of hydrogen-bond donors (Lipinski definition) is 2. The van der Waals surface area contributed by atoms with Gasteiger partial charge in [-0.05, 0) is 0 Å². The van der Waals surface area contributed by atoms with Crippen molar-refractivity contribution in [1.29, 1.82) is 0 Å². The molecule has 7 nitrogen and oxygen atoms in total. The van der Waals surface area contributed by atoms with Crippen LogP contribution in [0.5, 0.6) is 0 Å². The first kappa shape index (κ1) is 19.2. The lowest BCUT2D eigenvalue weighted by Gasteiger charge is -2.40. The second kappa shape index (κ2) is 9.19. The summed E-state index contributed by atoms with van der Waals surface area (Å²) in [5.74, 6) is -0.489. The quantitative estimate of drug-likeness (QED) is 0.567. The predicted octanol–water partition coefficient (Wildman–Crippen LogP) is 0.747. The zero-order chi connectivity index (χ0) is 14.3. The van der Waals surface area contributed by atoms with Crippen molar-refractivity contribution in [2.75, 3.05) is 44.9 Å². The molecule has 1 aliphatic heterocycles. The van der Waals surface area contributed by atoms with Gasteiger partial charge in [0.15, 0.2) is 0 Å². The molecule has 0 bridgehead atoms. The largest absolute Gasteiger partial charge is 0.466 e. The molecule has 1 aliphatic rings. The maximum Gasteiger partial charge on any atom is 0.331 e. The Hall–Kier alpha value is -0.800. The number of hydrogen-bond acceptors (Lipinski definition) is 7. The molecule has 9 heteroatoms. The zero-order valence-corrected chi connectivity index (χ0v) is 12.8. The molecule has 0 radical (unpaired) electrons.